The molecule has 6 nitrogen and oxygen atoms in total. The molecule has 0 saturated heterocycles. The van der Waals surface area contributed by atoms with Crippen LogP contribution in [0.15, 0.2) is 24.3 Å². The van der Waals surface area contributed by atoms with E-state index in [0.717, 1.165) is 70.6 Å². The summed E-state index contributed by atoms with van der Waals surface area (Å²) in [5.41, 5.74) is 0. The molecule has 0 aromatic carbocycles. The van der Waals surface area contributed by atoms with Crippen LogP contribution in [0, 0.1) is 0 Å². The van der Waals surface area contributed by atoms with Gasteiger partial charge in [-0.2, -0.15) is 0 Å². The molecule has 0 aliphatic heterocycles. The van der Waals surface area contributed by atoms with E-state index < -0.39 is 18.2 Å². The van der Waals surface area contributed by atoms with Gasteiger partial charge in [-0.15, -0.1) is 0 Å². The summed E-state index contributed by atoms with van der Waals surface area (Å²) in [6, 6.07) is -0.703. The molecule has 0 aromatic rings. The number of unbranched alkanes of at least 4 members (excludes halogenated alkanes) is 35. The zero-order valence-corrected chi connectivity index (χ0v) is 41.8. The minimum atomic E-state index is -0.789. The van der Waals surface area contributed by atoms with E-state index in [1.165, 1.54) is 180 Å². The number of carbonyl (C=O) groups is 2. The highest BCUT2D eigenvalue weighted by atomic mass is 16.5. The maximum atomic E-state index is 13.2. The number of ether oxygens (including phenoxy) is 1. The molecular formula is C56H107NO5. The van der Waals surface area contributed by atoms with Crippen LogP contribution >= 0.6 is 0 Å². The van der Waals surface area contributed by atoms with Gasteiger partial charge in [-0.05, 0) is 51.4 Å². The maximum absolute atomic E-state index is 13.2. The van der Waals surface area contributed by atoms with Crippen LogP contribution in [-0.2, 0) is 14.3 Å². The highest BCUT2D eigenvalue weighted by Gasteiger charge is 2.24. The Morgan fingerprint density at radius 2 is 0.806 bits per heavy atom. The van der Waals surface area contributed by atoms with Crippen molar-refractivity contribution in [2.24, 2.45) is 0 Å². The van der Waals surface area contributed by atoms with Crippen LogP contribution in [0.2, 0.25) is 0 Å². The number of allylic oxidation sites excluding steroid dienone is 4. The quantitative estimate of drug-likeness (QED) is 0.0321. The summed E-state index contributed by atoms with van der Waals surface area (Å²) in [5.74, 6) is -0.477. The van der Waals surface area contributed by atoms with Crippen molar-refractivity contribution < 1.29 is 24.5 Å². The number of esters is 1. The summed E-state index contributed by atoms with van der Waals surface area (Å²) in [4.78, 5) is 26.2. The molecule has 0 radical (unpaired) electrons. The normalized spacial score (nSPS) is 13.3. The van der Waals surface area contributed by atoms with Gasteiger partial charge in [0.1, 0.15) is 6.10 Å². The molecule has 0 saturated carbocycles. The first kappa shape index (κ1) is 60.3. The third-order valence-corrected chi connectivity index (χ3v) is 12.8. The number of amides is 1. The summed E-state index contributed by atoms with van der Waals surface area (Å²) >= 11 is 0. The van der Waals surface area contributed by atoms with Crippen LogP contribution in [-0.4, -0.2) is 46.9 Å². The molecule has 0 bridgehead atoms. The molecule has 0 aromatic heterocycles. The van der Waals surface area contributed by atoms with Gasteiger partial charge in [0, 0.05) is 6.42 Å². The Hall–Kier alpha value is -1.66. The zero-order chi connectivity index (χ0) is 45.2. The third kappa shape index (κ3) is 44.9. The van der Waals surface area contributed by atoms with E-state index in [9.17, 15) is 19.8 Å². The lowest BCUT2D eigenvalue weighted by molar-refractivity contribution is -0.151. The Morgan fingerprint density at radius 3 is 1.23 bits per heavy atom. The zero-order valence-electron chi connectivity index (χ0n) is 41.8. The summed E-state index contributed by atoms with van der Waals surface area (Å²) in [6.07, 6.45) is 58.1. The molecule has 6 heteroatoms. The van der Waals surface area contributed by atoms with Crippen molar-refractivity contribution in [3.05, 3.63) is 24.3 Å². The van der Waals surface area contributed by atoms with Crippen LogP contribution < -0.4 is 5.32 Å². The third-order valence-electron chi connectivity index (χ3n) is 12.8. The van der Waals surface area contributed by atoms with E-state index in [2.05, 4.69) is 50.4 Å². The van der Waals surface area contributed by atoms with Crippen LogP contribution in [0.5, 0.6) is 0 Å². The summed E-state index contributed by atoms with van der Waals surface area (Å²) in [6.45, 7) is 6.48. The van der Waals surface area contributed by atoms with Gasteiger partial charge in [0.2, 0.25) is 5.91 Å². The van der Waals surface area contributed by atoms with Crippen LogP contribution in [0.3, 0.4) is 0 Å². The Kier molecular flexibility index (Phi) is 49.0. The number of hydrogen-bond donors (Lipinski definition) is 3. The predicted molar refractivity (Wildman–Crippen MR) is 269 cm³/mol. The largest absolute Gasteiger partial charge is 0.462 e. The van der Waals surface area contributed by atoms with E-state index in [1.807, 2.05) is 0 Å². The average molecular weight is 874 g/mol. The molecule has 0 heterocycles. The van der Waals surface area contributed by atoms with Crippen molar-refractivity contribution >= 4 is 11.9 Å². The van der Waals surface area contributed by atoms with E-state index in [0.29, 0.717) is 19.3 Å². The van der Waals surface area contributed by atoms with Gasteiger partial charge in [-0.25, -0.2) is 0 Å². The minimum Gasteiger partial charge on any atom is -0.462 e. The molecule has 3 N–H and O–H groups in total. The first-order valence-electron chi connectivity index (χ1n) is 27.6. The molecule has 366 valence electrons. The van der Waals surface area contributed by atoms with Gasteiger partial charge in [0.15, 0.2) is 0 Å². The van der Waals surface area contributed by atoms with E-state index in [1.54, 1.807) is 0 Å². The van der Waals surface area contributed by atoms with Gasteiger partial charge in [0.25, 0.3) is 0 Å². The lowest BCUT2D eigenvalue weighted by Crippen LogP contribution is -2.46. The SMILES string of the molecule is CCCCC/C=C/C=C/CCCCCCC(CC(=O)NC(CO)C(O)CCCCCCCCCCCCCCC)OC(=O)CCCCCCCCCCCCCCCCCCC. The first-order chi connectivity index (χ1) is 30.5. The van der Waals surface area contributed by atoms with Crippen LogP contribution in [0.4, 0.5) is 0 Å². The highest BCUT2D eigenvalue weighted by molar-refractivity contribution is 5.77. The number of rotatable bonds is 50. The van der Waals surface area contributed by atoms with Crippen LogP contribution in [0.1, 0.15) is 297 Å². The van der Waals surface area contributed by atoms with Crippen molar-refractivity contribution in [3.8, 4) is 0 Å². The monoisotopic (exact) mass is 874 g/mol. The number of aliphatic hydroxyl groups is 2. The van der Waals surface area contributed by atoms with Gasteiger partial charge in [-0.1, -0.05) is 257 Å². The maximum Gasteiger partial charge on any atom is 0.306 e. The van der Waals surface area contributed by atoms with E-state index >= 15 is 0 Å². The highest BCUT2D eigenvalue weighted by Crippen LogP contribution is 2.18. The molecule has 62 heavy (non-hydrogen) atoms. The molecule has 0 fully saturated rings. The number of carbonyl (C=O) groups excluding carboxylic acids is 2. The lowest BCUT2D eigenvalue weighted by Gasteiger charge is -2.24. The Labute approximate surface area is 386 Å². The van der Waals surface area contributed by atoms with Crippen LogP contribution in [0.25, 0.3) is 0 Å². The fourth-order valence-electron chi connectivity index (χ4n) is 8.60. The molecule has 0 aliphatic carbocycles. The van der Waals surface area contributed by atoms with Crippen molar-refractivity contribution in [2.45, 2.75) is 315 Å². The Bertz CT molecular complexity index is 981. The molecule has 0 rings (SSSR count). The molecule has 3 atom stereocenters. The Morgan fingerprint density at radius 1 is 0.468 bits per heavy atom. The van der Waals surface area contributed by atoms with E-state index in [4.69, 9.17) is 4.74 Å². The summed E-state index contributed by atoms with van der Waals surface area (Å²) in [7, 11) is 0. The van der Waals surface area contributed by atoms with Gasteiger partial charge < -0.3 is 20.3 Å². The first-order valence-corrected chi connectivity index (χ1v) is 27.6. The minimum absolute atomic E-state index is 0.0695. The van der Waals surface area contributed by atoms with Crippen molar-refractivity contribution in [1.82, 2.24) is 5.32 Å². The van der Waals surface area contributed by atoms with Crippen molar-refractivity contribution in [2.75, 3.05) is 6.61 Å². The molecule has 3 unspecified atom stereocenters. The molecular weight excluding hydrogens is 767 g/mol. The number of nitrogens with one attached hydrogen (secondary N) is 1. The standard InChI is InChI=1S/C56H107NO5/c1-4-7-10-13-16-19-22-25-26-27-28-31-34-37-40-43-46-49-56(61)62-52(47-44-41-38-35-32-29-23-20-17-14-11-8-5-2)50-55(60)57-53(51-58)54(59)48-45-42-39-36-33-30-24-21-18-15-12-9-6-3/h17,20,23,29,52-54,58-59H,4-16,18-19,21-22,24-28,30-51H2,1-3H3,(H,57,60)/b20-17+,29-23+. The van der Waals surface area contributed by atoms with Crippen molar-refractivity contribution in [3.63, 3.8) is 0 Å². The number of hydrogen-bond acceptors (Lipinski definition) is 5. The summed E-state index contributed by atoms with van der Waals surface area (Å²) < 4.78 is 5.94. The number of aliphatic hydroxyl groups excluding tert-OH is 2. The Balaban J connectivity index is 4.52. The second kappa shape index (κ2) is 50.3. The average Bonchev–Trinajstić information content (AvgIpc) is 3.26. The van der Waals surface area contributed by atoms with Gasteiger partial charge >= 0.3 is 5.97 Å². The fraction of sp³-hybridized carbons (Fsp3) is 0.893. The van der Waals surface area contributed by atoms with Gasteiger partial charge in [-0.3, -0.25) is 9.59 Å². The van der Waals surface area contributed by atoms with Crippen molar-refractivity contribution in [1.29, 1.82) is 0 Å². The second-order valence-corrected chi connectivity index (χ2v) is 19.0. The lowest BCUT2D eigenvalue weighted by atomic mass is 10.0. The molecule has 0 spiro atoms. The van der Waals surface area contributed by atoms with E-state index in [-0.39, 0.29) is 24.9 Å². The smallest absolute Gasteiger partial charge is 0.306 e. The molecule has 0 aliphatic rings. The summed E-state index contributed by atoms with van der Waals surface area (Å²) in [5, 5.41) is 23.8. The van der Waals surface area contributed by atoms with Gasteiger partial charge in [0.05, 0.1) is 25.2 Å². The predicted octanol–water partition coefficient (Wildman–Crippen LogP) is 16.7. The molecule has 1 amide bonds. The topological polar surface area (TPSA) is 95.9 Å². The fourth-order valence-corrected chi connectivity index (χ4v) is 8.60. The second-order valence-electron chi connectivity index (χ2n) is 19.0.